The van der Waals surface area contributed by atoms with Gasteiger partial charge in [-0.1, -0.05) is 36.4 Å². The fourth-order valence-corrected chi connectivity index (χ4v) is 3.56. The van der Waals surface area contributed by atoms with Crippen LogP contribution in [-0.2, 0) is 12.4 Å². The van der Waals surface area contributed by atoms with E-state index in [-0.39, 0.29) is 34.0 Å². The molecule has 0 saturated carbocycles. The van der Waals surface area contributed by atoms with Crippen LogP contribution >= 0.6 is 0 Å². The number of rotatable bonds is 4. The molecule has 12 heteroatoms. The number of hydrogen-bond acceptors (Lipinski definition) is 5. The Balaban J connectivity index is 1.96. The summed E-state index contributed by atoms with van der Waals surface area (Å²) in [6.45, 7) is 7.24. The van der Waals surface area contributed by atoms with Crippen LogP contribution in [0, 0.1) is 18.0 Å². The van der Waals surface area contributed by atoms with E-state index < -0.39 is 35.0 Å². The van der Waals surface area contributed by atoms with Crippen molar-refractivity contribution < 1.29 is 35.8 Å². The monoisotopic (exact) mass is 526 g/mol. The van der Waals surface area contributed by atoms with E-state index >= 15 is 0 Å². The number of benzene rings is 3. The Morgan fingerprint density at radius 3 is 1.63 bits per heavy atom. The van der Waals surface area contributed by atoms with Gasteiger partial charge in [-0.3, -0.25) is 0 Å². The number of nitrogens with zero attached hydrogens (tertiary/aromatic N) is 4. The van der Waals surface area contributed by atoms with Gasteiger partial charge in [0.25, 0.3) is 0 Å². The highest BCUT2D eigenvalue weighted by Crippen LogP contribution is 2.36. The number of allylic oxidation sites excluding steroid dienone is 2. The van der Waals surface area contributed by atoms with E-state index in [0.29, 0.717) is 12.1 Å². The molecule has 0 heterocycles. The van der Waals surface area contributed by atoms with Crippen molar-refractivity contribution in [3.05, 3.63) is 118 Å². The first kappa shape index (κ1) is 26.0. The predicted octanol–water partition coefficient (Wildman–Crippen LogP) is 7.00. The van der Waals surface area contributed by atoms with Crippen molar-refractivity contribution in [1.29, 1.82) is 5.26 Å². The average Bonchev–Trinajstić information content (AvgIpc) is 2.87. The average molecular weight is 526 g/mol. The van der Waals surface area contributed by atoms with Gasteiger partial charge in [-0.2, -0.15) is 43.2 Å². The van der Waals surface area contributed by atoms with Gasteiger partial charge in [0.1, 0.15) is 17.2 Å². The smallest absolute Gasteiger partial charge is 0.416 e. The standard InChI is InChI=1S/C26H12F6N4O2/c1-34-36-22-20-11-3-2-10-19(20)21(35-14-33)23(37-17-8-4-6-15(12-17)25(27,28)29)24(22)38-18-9-5-7-16(13-18)26(30,31)32/h2-13H. The molecule has 1 aliphatic carbocycles. The first-order valence-corrected chi connectivity index (χ1v) is 10.5. The van der Waals surface area contributed by atoms with Crippen molar-refractivity contribution in [2.24, 2.45) is 10.1 Å². The second-order valence-corrected chi connectivity index (χ2v) is 7.57. The lowest BCUT2D eigenvalue weighted by atomic mass is 9.91. The molecule has 6 nitrogen and oxygen atoms in total. The molecule has 190 valence electrons. The molecule has 38 heavy (non-hydrogen) atoms. The molecule has 0 amide bonds. The molecule has 0 spiro atoms. The van der Waals surface area contributed by atoms with Crippen LogP contribution in [-0.4, -0.2) is 11.4 Å². The third-order valence-corrected chi connectivity index (χ3v) is 5.15. The summed E-state index contributed by atoms with van der Waals surface area (Å²) in [6, 6.07) is 13.7. The van der Waals surface area contributed by atoms with E-state index in [1.165, 1.54) is 24.3 Å². The quantitative estimate of drug-likeness (QED) is 0.159. The zero-order valence-electron chi connectivity index (χ0n) is 18.8. The molecular weight excluding hydrogens is 514 g/mol. The van der Waals surface area contributed by atoms with Crippen molar-refractivity contribution >= 4 is 11.4 Å². The van der Waals surface area contributed by atoms with E-state index in [0.717, 1.165) is 24.3 Å². The molecule has 0 radical (unpaired) electrons. The van der Waals surface area contributed by atoms with Crippen molar-refractivity contribution in [2.45, 2.75) is 12.4 Å². The molecular formula is C26H12F6N4O2. The fraction of sp³-hybridized carbons (Fsp3) is 0.0769. The van der Waals surface area contributed by atoms with Gasteiger partial charge in [0.15, 0.2) is 11.5 Å². The van der Waals surface area contributed by atoms with Gasteiger partial charge >= 0.3 is 12.4 Å². The SMILES string of the molecule is [C-]#[N+]N=C1C(Oc2cccc(C(F)(F)F)c2)=C(Oc2cccc(C(F)(F)F)c2)C(=NC#N)c2ccccc21. The van der Waals surface area contributed by atoms with Crippen LogP contribution in [0.15, 0.2) is 94.4 Å². The highest BCUT2D eigenvalue weighted by molar-refractivity contribution is 6.29. The predicted molar refractivity (Wildman–Crippen MR) is 123 cm³/mol. The van der Waals surface area contributed by atoms with E-state index in [1.54, 1.807) is 18.3 Å². The lowest BCUT2D eigenvalue weighted by molar-refractivity contribution is -0.138. The summed E-state index contributed by atoms with van der Waals surface area (Å²) in [6.07, 6.45) is -7.83. The highest BCUT2D eigenvalue weighted by atomic mass is 19.4. The van der Waals surface area contributed by atoms with Crippen LogP contribution in [0.5, 0.6) is 11.5 Å². The zero-order valence-corrected chi connectivity index (χ0v) is 18.8. The first-order valence-electron chi connectivity index (χ1n) is 10.5. The third kappa shape index (κ3) is 5.34. The summed E-state index contributed by atoms with van der Waals surface area (Å²) in [5.41, 5.74) is -1.99. The Hall–Kier alpha value is -5.10. The third-order valence-electron chi connectivity index (χ3n) is 5.15. The van der Waals surface area contributed by atoms with Gasteiger partial charge in [-0.15, -0.1) is 4.95 Å². The Morgan fingerprint density at radius 2 is 1.18 bits per heavy atom. The number of ether oxygens (including phenoxy) is 2. The maximum absolute atomic E-state index is 13.3. The van der Waals surface area contributed by atoms with Crippen LogP contribution in [0.1, 0.15) is 22.3 Å². The van der Waals surface area contributed by atoms with Crippen molar-refractivity contribution in [2.75, 3.05) is 0 Å². The summed E-state index contributed by atoms with van der Waals surface area (Å²) >= 11 is 0. The molecule has 0 fully saturated rings. The van der Waals surface area contributed by atoms with Gasteiger partial charge in [0.2, 0.25) is 12.0 Å². The van der Waals surface area contributed by atoms with E-state index in [2.05, 4.69) is 15.0 Å². The van der Waals surface area contributed by atoms with E-state index in [1.807, 2.05) is 0 Å². The van der Waals surface area contributed by atoms with Gasteiger partial charge in [-0.25, -0.2) is 0 Å². The Labute approximate surface area is 211 Å². The molecule has 3 aromatic rings. The van der Waals surface area contributed by atoms with Crippen molar-refractivity contribution in [1.82, 2.24) is 0 Å². The van der Waals surface area contributed by atoms with Crippen LogP contribution in [0.25, 0.3) is 4.95 Å². The van der Waals surface area contributed by atoms with Gasteiger partial charge in [0, 0.05) is 11.1 Å². The number of alkyl halides is 6. The summed E-state index contributed by atoms with van der Waals surface area (Å²) in [5, 5.41) is 13.1. The molecule has 4 rings (SSSR count). The molecule has 0 saturated heterocycles. The number of aliphatic imine (C=N–C) groups is 1. The second-order valence-electron chi connectivity index (χ2n) is 7.57. The minimum absolute atomic E-state index is 0.188. The van der Waals surface area contributed by atoms with Gasteiger partial charge < -0.3 is 9.47 Å². The summed E-state index contributed by atoms with van der Waals surface area (Å²) in [5.74, 6) is -1.53. The molecule has 0 N–H and O–H groups in total. The Morgan fingerprint density at radius 1 is 0.711 bits per heavy atom. The Kier molecular flexibility index (Phi) is 6.91. The second kappa shape index (κ2) is 10.1. The lowest BCUT2D eigenvalue weighted by Gasteiger charge is -2.24. The van der Waals surface area contributed by atoms with Crippen LogP contribution in [0.2, 0.25) is 0 Å². The number of fused-ring (bicyclic) bond motifs is 1. The number of hydrogen-bond donors (Lipinski definition) is 0. The molecule has 1 aliphatic rings. The van der Waals surface area contributed by atoms with Gasteiger partial charge in [-0.05, 0) is 36.4 Å². The summed E-state index contributed by atoms with van der Waals surface area (Å²) in [4.78, 5) is 6.74. The largest absolute Gasteiger partial charge is 0.451 e. The number of nitriles is 1. The van der Waals surface area contributed by atoms with E-state index in [4.69, 9.17) is 16.0 Å². The lowest BCUT2D eigenvalue weighted by Crippen LogP contribution is -2.29. The van der Waals surface area contributed by atoms with Crippen LogP contribution in [0.4, 0.5) is 26.3 Å². The maximum atomic E-state index is 13.3. The summed E-state index contributed by atoms with van der Waals surface area (Å²) < 4.78 is 91.3. The van der Waals surface area contributed by atoms with E-state index in [9.17, 15) is 31.6 Å². The normalized spacial score (nSPS) is 15.6. The summed E-state index contributed by atoms with van der Waals surface area (Å²) in [7, 11) is 0. The number of halogens is 6. The topological polar surface area (TPSA) is 71.3 Å². The van der Waals surface area contributed by atoms with Gasteiger partial charge in [0.05, 0.1) is 16.2 Å². The molecule has 0 aliphatic heterocycles. The minimum atomic E-state index is -4.70. The maximum Gasteiger partial charge on any atom is 0.416 e. The molecule has 0 atom stereocenters. The van der Waals surface area contributed by atoms with Crippen LogP contribution in [0.3, 0.4) is 0 Å². The molecule has 0 unspecified atom stereocenters. The van der Waals surface area contributed by atoms with Crippen molar-refractivity contribution in [3.8, 4) is 17.7 Å². The Bertz CT molecular complexity index is 1460. The fourth-order valence-electron chi connectivity index (χ4n) is 3.56. The molecule has 0 bridgehead atoms. The zero-order chi connectivity index (χ0) is 27.5. The molecule has 3 aromatic carbocycles. The first-order chi connectivity index (χ1) is 18.0. The highest BCUT2D eigenvalue weighted by Gasteiger charge is 2.37. The minimum Gasteiger partial charge on any atom is -0.451 e. The van der Waals surface area contributed by atoms with Crippen LogP contribution < -0.4 is 9.47 Å². The molecule has 0 aromatic heterocycles. The van der Waals surface area contributed by atoms with Crippen molar-refractivity contribution in [3.63, 3.8) is 0 Å².